The maximum Gasteiger partial charge on any atom is 0.119 e. The molecule has 2 fully saturated rings. The third-order valence-electron chi connectivity index (χ3n) is 5.07. The third kappa shape index (κ3) is 3.50. The molecule has 3 N–H and O–H groups in total. The number of hydrogen-bond acceptors (Lipinski definition) is 4. The van der Waals surface area contributed by atoms with E-state index in [9.17, 15) is 5.11 Å². The predicted molar refractivity (Wildman–Crippen MR) is 84.3 cm³/mol. The van der Waals surface area contributed by atoms with Crippen LogP contribution in [0.2, 0.25) is 0 Å². The molecule has 2 atom stereocenters. The lowest BCUT2D eigenvalue weighted by molar-refractivity contribution is -0.0963. The SMILES string of the molecule is Nc1ccc(OCCN2CCC3(O)CCCCC3C2)cc1. The van der Waals surface area contributed by atoms with Gasteiger partial charge in [-0.1, -0.05) is 12.8 Å². The number of ether oxygens (including phenoxy) is 1. The van der Waals surface area contributed by atoms with Crippen molar-refractivity contribution in [1.82, 2.24) is 4.90 Å². The summed E-state index contributed by atoms with van der Waals surface area (Å²) in [6, 6.07) is 7.54. The van der Waals surface area contributed by atoms with Gasteiger partial charge >= 0.3 is 0 Å². The highest BCUT2D eigenvalue weighted by atomic mass is 16.5. The van der Waals surface area contributed by atoms with Crippen molar-refractivity contribution < 1.29 is 9.84 Å². The first-order valence-corrected chi connectivity index (χ1v) is 8.09. The Labute approximate surface area is 126 Å². The van der Waals surface area contributed by atoms with Gasteiger partial charge in [0.1, 0.15) is 12.4 Å². The average molecular weight is 290 g/mol. The number of likely N-dealkylation sites (tertiary alicyclic amines) is 1. The molecule has 0 aromatic heterocycles. The van der Waals surface area contributed by atoms with Crippen LogP contribution in [-0.4, -0.2) is 41.8 Å². The first kappa shape index (κ1) is 14.7. The van der Waals surface area contributed by atoms with E-state index in [-0.39, 0.29) is 5.60 Å². The highest BCUT2D eigenvalue weighted by Gasteiger charge is 2.42. The monoisotopic (exact) mass is 290 g/mol. The van der Waals surface area contributed by atoms with Gasteiger partial charge in [-0.05, 0) is 43.5 Å². The number of nitrogens with zero attached hydrogens (tertiary/aromatic N) is 1. The molecule has 0 radical (unpaired) electrons. The average Bonchev–Trinajstić information content (AvgIpc) is 2.49. The summed E-state index contributed by atoms with van der Waals surface area (Å²) in [4.78, 5) is 2.43. The summed E-state index contributed by atoms with van der Waals surface area (Å²) in [5, 5.41) is 10.7. The minimum Gasteiger partial charge on any atom is -0.492 e. The molecular formula is C17H26N2O2. The molecule has 1 aromatic rings. The summed E-state index contributed by atoms with van der Waals surface area (Å²) in [6.45, 7) is 3.62. The molecule has 21 heavy (non-hydrogen) atoms. The van der Waals surface area contributed by atoms with Crippen molar-refractivity contribution in [3.63, 3.8) is 0 Å². The molecule has 1 heterocycles. The Hall–Kier alpha value is -1.26. The minimum atomic E-state index is -0.382. The van der Waals surface area contributed by atoms with Crippen LogP contribution in [0, 0.1) is 5.92 Å². The lowest BCUT2D eigenvalue weighted by Crippen LogP contribution is -2.53. The second-order valence-electron chi connectivity index (χ2n) is 6.51. The summed E-state index contributed by atoms with van der Waals surface area (Å²) in [7, 11) is 0. The Morgan fingerprint density at radius 3 is 2.86 bits per heavy atom. The van der Waals surface area contributed by atoms with Crippen molar-refractivity contribution in [2.75, 3.05) is 32.0 Å². The lowest BCUT2D eigenvalue weighted by atomic mass is 9.71. The molecule has 1 aliphatic carbocycles. The number of nitrogens with two attached hydrogens (primary N) is 1. The van der Waals surface area contributed by atoms with E-state index in [1.165, 1.54) is 19.3 Å². The van der Waals surface area contributed by atoms with Gasteiger partial charge in [-0.25, -0.2) is 0 Å². The number of piperidine rings is 1. The van der Waals surface area contributed by atoms with Gasteiger partial charge in [0.25, 0.3) is 0 Å². The number of anilines is 1. The Bertz CT molecular complexity index is 462. The van der Waals surface area contributed by atoms with Crippen LogP contribution in [0.5, 0.6) is 5.75 Å². The van der Waals surface area contributed by atoms with E-state index >= 15 is 0 Å². The number of nitrogen functional groups attached to an aromatic ring is 1. The Balaban J connectivity index is 1.45. The first-order chi connectivity index (χ1) is 10.2. The molecule has 4 heteroatoms. The van der Waals surface area contributed by atoms with Crippen molar-refractivity contribution in [2.45, 2.75) is 37.7 Å². The second kappa shape index (κ2) is 6.24. The van der Waals surface area contributed by atoms with Gasteiger partial charge in [-0.3, -0.25) is 4.90 Å². The van der Waals surface area contributed by atoms with E-state index in [0.29, 0.717) is 12.5 Å². The number of hydrogen-bond donors (Lipinski definition) is 2. The van der Waals surface area contributed by atoms with E-state index in [1.54, 1.807) is 0 Å². The zero-order valence-electron chi connectivity index (χ0n) is 12.6. The van der Waals surface area contributed by atoms with E-state index in [0.717, 1.165) is 43.9 Å². The maximum atomic E-state index is 10.7. The summed E-state index contributed by atoms with van der Waals surface area (Å²) in [5.41, 5.74) is 6.04. The maximum absolute atomic E-state index is 10.7. The van der Waals surface area contributed by atoms with Crippen LogP contribution in [0.3, 0.4) is 0 Å². The number of fused-ring (bicyclic) bond motifs is 1. The third-order valence-corrected chi connectivity index (χ3v) is 5.07. The van der Waals surface area contributed by atoms with Gasteiger partial charge in [-0.2, -0.15) is 0 Å². The highest BCUT2D eigenvalue weighted by Crippen LogP contribution is 2.39. The van der Waals surface area contributed by atoms with E-state index in [2.05, 4.69) is 4.90 Å². The topological polar surface area (TPSA) is 58.7 Å². The van der Waals surface area contributed by atoms with E-state index in [4.69, 9.17) is 10.5 Å². The molecular weight excluding hydrogens is 264 g/mol. The lowest BCUT2D eigenvalue weighted by Gasteiger charge is -2.47. The first-order valence-electron chi connectivity index (χ1n) is 8.09. The van der Waals surface area contributed by atoms with Crippen LogP contribution >= 0.6 is 0 Å². The molecule has 4 nitrogen and oxygen atoms in total. The molecule has 3 rings (SSSR count). The van der Waals surface area contributed by atoms with Crippen molar-refractivity contribution in [2.24, 2.45) is 5.92 Å². The van der Waals surface area contributed by atoms with Gasteiger partial charge in [0, 0.05) is 31.2 Å². The Morgan fingerprint density at radius 1 is 1.24 bits per heavy atom. The highest BCUT2D eigenvalue weighted by molar-refractivity contribution is 5.41. The molecule has 2 unspecified atom stereocenters. The van der Waals surface area contributed by atoms with Gasteiger partial charge < -0.3 is 15.6 Å². The molecule has 1 aromatic carbocycles. The number of benzene rings is 1. The molecule has 1 saturated heterocycles. The molecule has 0 spiro atoms. The molecule has 0 bridgehead atoms. The summed E-state index contributed by atoms with van der Waals surface area (Å²) < 4.78 is 5.77. The van der Waals surface area contributed by atoms with E-state index in [1.807, 2.05) is 24.3 Å². The van der Waals surface area contributed by atoms with Gasteiger partial charge in [0.05, 0.1) is 5.60 Å². The number of rotatable bonds is 4. The second-order valence-corrected chi connectivity index (χ2v) is 6.51. The van der Waals surface area contributed by atoms with Crippen molar-refractivity contribution in [3.8, 4) is 5.75 Å². The van der Waals surface area contributed by atoms with Crippen LogP contribution in [0.4, 0.5) is 5.69 Å². The normalized spacial score (nSPS) is 29.9. The van der Waals surface area contributed by atoms with Gasteiger partial charge in [0.2, 0.25) is 0 Å². The molecule has 1 aliphatic heterocycles. The standard InChI is InChI=1S/C17H26N2O2/c18-15-4-6-16(7-5-15)21-12-11-19-10-9-17(20)8-2-1-3-14(17)13-19/h4-7,14,20H,1-3,8-13,18H2. The quantitative estimate of drug-likeness (QED) is 0.835. The van der Waals surface area contributed by atoms with Crippen LogP contribution in [0.15, 0.2) is 24.3 Å². The fraction of sp³-hybridized carbons (Fsp3) is 0.647. The fourth-order valence-corrected chi connectivity index (χ4v) is 3.70. The van der Waals surface area contributed by atoms with Crippen LogP contribution in [-0.2, 0) is 0 Å². The number of aliphatic hydroxyl groups is 1. The molecule has 116 valence electrons. The smallest absolute Gasteiger partial charge is 0.119 e. The van der Waals surface area contributed by atoms with Crippen LogP contribution in [0.1, 0.15) is 32.1 Å². The predicted octanol–water partition coefficient (Wildman–Crippen LogP) is 2.27. The van der Waals surface area contributed by atoms with Gasteiger partial charge in [-0.15, -0.1) is 0 Å². The summed E-state index contributed by atoms with van der Waals surface area (Å²) in [6.07, 6.45) is 5.54. The van der Waals surface area contributed by atoms with Crippen molar-refractivity contribution >= 4 is 5.69 Å². The Morgan fingerprint density at radius 2 is 2.05 bits per heavy atom. The summed E-state index contributed by atoms with van der Waals surface area (Å²) >= 11 is 0. The minimum absolute atomic E-state index is 0.382. The largest absolute Gasteiger partial charge is 0.492 e. The van der Waals surface area contributed by atoms with Crippen molar-refractivity contribution in [3.05, 3.63) is 24.3 Å². The Kier molecular flexibility index (Phi) is 4.36. The van der Waals surface area contributed by atoms with E-state index < -0.39 is 0 Å². The van der Waals surface area contributed by atoms with Crippen LogP contribution in [0.25, 0.3) is 0 Å². The zero-order valence-corrected chi connectivity index (χ0v) is 12.6. The van der Waals surface area contributed by atoms with Crippen molar-refractivity contribution in [1.29, 1.82) is 0 Å². The molecule has 2 aliphatic rings. The summed E-state index contributed by atoms with van der Waals surface area (Å²) in [5.74, 6) is 1.33. The fourth-order valence-electron chi connectivity index (χ4n) is 3.70. The zero-order chi connectivity index (χ0) is 14.7. The molecule has 0 amide bonds. The van der Waals surface area contributed by atoms with Gasteiger partial charge in [0.15, 0.2) is 0 Å². The molecule has 1 saturated carbocycles. The van der Waals surface area contributed by atoms with Crippen LogP contribution < -0.4 is 10.5 Å².